The molecule has 3 N–H and O–H groups in total. The van der Waals surface area contributed by atoms with Gasteiger partial charge < -0.3 is 24.0 Å². The summed E-state index contributed by atoms with van der Waals surface area (Å²) in [6.45, 7) is 7.98. The summed E-state index contributed by atoms with van der Waals surface area (Å²) < 4.78 is 30.8. The predicted octanol–water partition coefficient (Wildman–Crippen LogP) is 1.07. The number of hydrogen-bond donors (Lipinski definition) is 3. The zero-order chi connectivity index (χ0) is 21.1. The van der Waals surface area contributed by atoms with E-state index in [-0.39, 0.29) is 5.92 Å². The second-order valence-corrected chi connectivity index (χ2v) is 10.6. The number of ether oxygens (including phenoxy) is 2. The zero-order valence-corrected chi connectivity index (χ0v) is 17.4. The van der Waals surface area contributed by atoms with Crippen LogP contribution in [0.25, 0.3) is 0 Å². The van der Waals surface area contributed by atoms with Crippen LogP contribution < -0.4 is 11.2 Å². The second kappa shape index (κ2) is 6.62. The van der Waals surface area contributed by atoms with Crippen LogP contribution >= 0.6 is 7.60 Å². The Morgan fingerprint density at radius 2 is 2.11 bits per heavy atom. The van der Waals surface area contributed by atoms with Crippen LogP contribution in [0, 0.1) is 5.92 Å². The van der Waals surface area contributed by atoms with Gasteiger partial charge in [-0.25, -0.2) is 4.79 Å². The van der Waals surface area contributed by atoms with Crippen LogP contribution in [0.2, 0.25) is 0 Å². The molecule has 2 heterocycles. The van der Waals surface area contributed by atoms with Crippen molar-refractivity contribution in [3.63, 3.8) is 0 Å². The Morgan fingerprint density at radius 3 is 2.68 bits per heavy atom. The van der Waals surface area contributed by atoms with Crippen molar-refractivity contribution in [3.8, 4) is 0 Å². The molecule has 158 valence electrons. The number of aliphatic hydroxyl groups excluding tert-OH is 1. The van der Waals surface area contributed by atoms with E-state index in [1.165, 1.54) is 23.8 Å². The standard InChI is InChI=1S/C17H27N2O8P/c1-10(20)28(23,24)27-15(2,3)8-11-9-17(13(11)25-16(4,5)26-17)19-7-6-12(21)18-14(19)22/h6-7,10-11,13,20H,8-9H2,1-5H3,(H,23,24)(H,18,21,22)/t10?,11?,13-,17+/m1/s1. The van der Waals surface area contributed by atoms with Crippen LogP contribution in [-0.4, -0.2) is 42.9 Å². The van der Waals surface area contributed by atoms with Gasteiger partial charge in [-0.3, -0.25) is 18.9 Å². The summed E-state index contributed by atoms with van der Waals surface area (Å²) in [5.74, 6) is -2.59. The Labute approximate surface area is 162 Å². The van der Waals surface area contributed by atoms with E-state index in [0.29, 0.717) is 12.8 Å². The van der Waals surface area contributed by atoms with Gasteiger partial charge in [0.15, 0.2) is 17.4 Å². The van der Waals surface area contributed by atoms with Crippen molar-refractivity contribution in [3.05, 3.63) is 33.1 Å². The molecule has 3 rings (SSSR count). The highest BCUT2D eigenvalue weighted by molar-refractivity contribution is 7.53. The Balaban J connectivity index is 1.85. The van der Waals surface area contributed by atoms with Crippen LogP contribution in [0.5, 0.6) is 0 Å². The third kappa shape index (κ3) is 3.77. The number of aliphatic hydroxyl groups is 1. The van der Waals surface area contributed by atoms with E-state index < -0.39 is 47.9 Å². The Hall–Kier alpha value is -1.29. The van der Waals surface area contributed by atoms with Gasteiger partial charge in [-0.1, -0.05) is 0 Å². The highest BCUT2D eigenvalue weighted by Gasteiger charge is 2.66. The van der Waals surface area contributed by atoms with Crippen LogP contribution in [0.1, 0.15) is 47.5 Å². The largest absolute Gasteiger partial charge is 0.381 e. The molecule has 0 radical (unpaired) electrons. The van der Waals surface area contributed by atoms with Crippen molar-refractivity contribution in [2.45, 2.75) is 76.5 Å². The number of hydrogen-bond acceptors (Lipinski definition) is 7. The van der Waals surface area contributed by atoms with E-state index >= 15 is 0 Å². The lowest BCUT2D eigenvalue weighted by atomic mass is 9.69. The summed E-state index contributed by atoms with van der Waals surface area (Å²) in [7, 11) is -4.18. The first kappa shape index (κ1) is 21.4. The molecule has 1 aliphatic carbocycles. The van der Waals surface area contributed by atoms with Gasteiger partial charge in [0.1, 0.15) is 6.10 Å². The normalized spacial score (nSPS) is 32.2. The van der Waals surface area contributed by atoms with E-state index in [4.69, 9.17) is 14.0 Å². The number of aromatic amines is 1. The predicted molar refractivity (Wildman–Crippen MR) is 98.7 cm³/mol. The molecule has 11 heteroatoms. The maximum atomic E-state index is 12.3. The minimum absolute atomic E-state index is 0.135. The van der Waals surface area contributed by atoms with Crippen molar-refractivity contribution in [1.29, 1.82) is 0 Å². The zero-order valence-electron chi connectivity index (χ0n) is 16.5. The fourth-order valence-corrected chi connectivity index (χ4v) is 5.06. The van der Waals surface area contributed by atoms with Crippen LogP contribution in [-0.2, 0) is 24.3 Å². The van der Waals surface area contributed by atoms with Gasteiger partial charge in [0.05, 0.1) is 5.60 Å². The number of fused-ring (bicyclic) bond motifs is 1. The van der Waals surface area contributed by atoms with E-state index in [0.717, 1.165) is 0 Å². The molecule has 10 nitrogen and oxygen atoms in total. The molecule has 0 amide bonds. The second-order valence-electron chi connectivity index (χ2n) is 8.58. The summed E-state index contributed by atoms with van der Waals surface area (Å²) in [6, 6.07) is 1.24. The van der Waals surface area contributed by atoms with Crippen molar-refractivity contribution >= 4 is 7.60 Å². The average molecular weight is 418 g/mol. The number of aromatic nitrogens is 2. The molecule has 3 unspecified atom stereocenters. The molecule has 0 bridgehead atoms. The molecule has 0 aromatic carbocycles. The average Bonchev–Trinajstić information content (AvgIpc) is 2.71. The molecule has 2 fully saturated rings. The van der Waals surface area contributed by atoms with Gasteiger partial charge >= 0.3 is 13.3 Å². The van der Waals surface area contributed by atoms with Crippen molar-refractivity contribution in [2.75, 3.05) is 0 Å². The van der Waals surface area contributed by atoms with Gasteiger partial charge in [0.2, 0.25) is 0 Å². The van der Waals surface area contributed by atoms with E-state index in [9.17, 15) is 24.2 Å². The fourth-order valence-electron chi connectivity index (χ4n) is 4.13. The monoisotopic (exact) mass is 418 g/mol. The summed E-state index contributed by atoms with van der Waals surface area (Å²) >= 11 is 0. The van der Waals surface area contributed by atoms with Crippen LogP contribution in [0.4, 0.5) is 0 Å². The molecule has 28 heavy (non-hydrogen) atoms. The van der Waals surface area contributed by atoms with Gasteiger partial charge in [0.25, 0.3) is 5.56 Å². The molecule has 2 aliphatic rings. The molecule has 1 saturated heterocycles. The van der Waals surface area contributed by atoms with Crippen molar-refractivity contribution in [2.24, 2.45) is 5.92 Å². The molecular formula is C17H27N2O8P. The Morgan fingerprint density at radius 1 is 1.46 bits per heavy atom. The lowest BCUT2D eigenvalue weighted by Gasteiger charge is -2.50. The molecule has 1 aliphatic heterocycles. The number of nitrogens with zero attached hydrogens (tertiary/aromatic N) is 1. The summed E-state index contributed by atoms with van der Waals surface area (Å²) in [4.78, 5) is 35.8. The summed E-state index contributed by atoms with van der Waals surface area (Å²) in [5.41, 5.74) is -3.20. The lowest BCUT2D eigenvalue weighted by Crippen LogP contribution is -2.62. The van der Waals surface area contributed by atoms with Crippen LogP contribution in [0.15, 0.2) is 21.9 Å². The SMILES string of the molecule is CC(O)P(=O)(O)OC(C)(C)CC1C[C@]2(n3ccc(=O)[nH]c3=O)OC(C)(C)O[C@H]12. The maximum Gasteiger partial charge on any atom is 0.356 e. The molecule has 1 saturated carbocycles. The van der Waals surface area contributed by atoms with E-state index in [1.807, 2.05) is 0 Å². The van der Waals surface area contributed by atoms with Crippen molar-refractivity contribution in [1.82, 2.24) is 9.55 Å². The minimum Gasteiger partial charge on any atom is -0.381 e. The molecule has 1 aromatic rings. The Bertz CT molecular complexity index is 920. The van der Waals surface area contributed by atoms with Crippen LogP contribution in [0.3, 0.4) is 0 Å². The first-order valence-electron chi connectivity index (χ1n) is 9.09. The molecule has 0 spiro atoms. The smallest absolute Gasteiger partial charge is 0.356 e. The molecule has 5 atom stereocenters. The molecule has 1 aromatic heterocycles. The third-order valence-electron chi connectivity index (χ3n) is 5.10. The third-order valence-corrected chi connectivity index (χ3v) is 6.80. The highest BCUT2D eigenvalue weighted by Crippen LogP contribution is 2.58. The van der Waals surface area contributed by atoms with E-state index in [1.54, 1.807) is 27.7 Å². The number of H-pyrrole nitrogens is 1. The lowest BCUT2D eigenvalue weighted by molar-refractivity contribution is -0.203. The van der Waals surface area contributed by atoms with Gasteiger partial charge in [-0.2, -0.15) is 0 Å². The summed E-state index contributed by atoms with van der Waals surface area (Å²) in [5, 5.41) is 9.46. The first-order chi connectivity index (χ1) is 12.7. The van der Waals surface area contributed by atoms with Gasteiger partial charge in [0, 0.05) is 18.7 Å². The Kier molecular flexibility index (Phi) is 5.06. The molecular weight excluding hydrogens is 391 g/mol. The first-order valence-corrected chi connectivity index (χ1v) is 10.7. The summed E-state index contributed by atoms with van der Waals surface area (Å²) in [6.07, 6.45) is 1.60. The number of nitrogens with one attached hydrogen (secondary N) is 1. The van der Waals surface area contributed by atoms with E-state index in [2.05, 4.69) is 4.98 Å². The van der Waals surface area contributed by atoms with Crippen molar-refractivity contribution < 1.29 is 28.6 Å². The van der Waals surface area contributed by atoms with Gasteiger partial charge in [-0.15, -0.1) is 0 Å². The van der Waals surface area contributed by atoms with Gasteiger partial charge in [-0.05, 0) is 47.0 Å². The highest BCUT2D eigenvalue weighted by atomic mass is 31.2. The quantitative estimate of drug-likeness (QED) is 0.583. The number of rotatable bonds is 6. The topological polar surface area (TPSA) is 140 Å². The fraction of sp³-hybridized carbons (Fsp3) is 0.765. The maximum absolute atomic E-state index is 12.3. The minimum atomic E-state index is -4.18.